The van der Waals surface area contributed by atoms with Crippen LogP contribution in [0.15, 0.2) is 24.3 Å². The summed E-state index contributed by atoms with van der Waals surface area (Å²) in [4.78, 5) is 13.5. The number of anilines is 1. The number of carbonyl (C=O) groups excluding carboxylic acids is 1. The van der Waals surface area contributed by atoms with Crippen LogP contribution in [-0.4, -0.2) is 30.6 Å². The summed E-state index contributed by atoms with van der Waals surface area (Å²) < 4.78 is 0. The summed E-state index contributed by atoms with van der Waals surface area (Å²) in [5.74, 6) is 0.0714. The molecule has 0 aliphatic carbocycles. The van der Waals surface area contributed by atoms with E-state index in [1.807, 2.05) is 24.3 Å². The Labute approximate surface area is 101 Å². The predicted molar refractivity (Wildman–Crippen MR) is 66.9 cm³/mol. The van der Waals surface area contributed by atoms with Crippen LogP contribution >= 0.6 is 0 Å². The molecule has 2 N–H and O–H groups in total. The number of hydrogen-bond donors (Lipinski definition) is 2. The van der Waals surface area contributed by atoms with Gasteiger partial charge in [0.2, 0.25) is 5.91 Å². The zero-order valence-corrected chi connectivity index (χ0v) is 10.0. The maximum atomic E-state index is 11.4. The number of nitrogens with zero attached hydrogens (tertiary/aromatic N) is 1. The van der Waals surface area contributed by atoms with Gasteiger partial charge in [-0.25, -0.2) is 0 Å². The lowest BCUT2D eigenvalue weighted by Crippen LogP contribution is -2.32. The summed E-state index contributed by atoms with van der Waals surface area (Å²) in [6, 6.07) is 7.73. The molecule has 17 heavy (non-hydrogen) atoms. The van der Waals surface area contributed by atoms with Crippen LogP contribution in [-0.2, 0) is 4.79 Å². The van der Waals surface area contributed by atoms with E-state index in [9.17, 15) is 9.90 Å². The molecular weight excluding hydrogens is 216 g/mol. The van der Waals surface area contributed by atoms with Crippen molar-refractivity contribution in [3.05, 3.63) is 29.8 Å². The molecule has 0 spiro atoms. The van der Waals surface area contributed by atoms with E-state index >= 15 is 0 Å². The van der Waals surface area contributed by atoms with Crippen LogP contribution in [0.1, 0.15) is 25.0 Å². The fourth-order valence-electron chi connectivity index (χ4n) is 1.99. The number of hydrogen-bond acceptors (Lipinski definition) is 3. The zero-order valence-electron chi connectivity index (χ0n) is 10.0. The van der Waals surface area contributed by atoms with Gasteiger partial charge < -0.3 is 15.3 Å². The molecule has 1 atom stereocenters. The van der Waals surface area contributed by atoms with Crippen molar-refractivity contribution in [2.45, 2.75) is 19.4 Å². The molecule has 1 amide bonds. The lowest BCUT2D eigenvalue weighted by Gasteiger charge is -2.21. The lowest BCUT2D eigenvalue weighted by atomic mass is 10.1. The van der Waals surface area contributed by atoms with Gasteiger partial charge in [0.15, 0.2) is 0 Å². The number of amides is 1. The second kappa shape index (κ2) is 5.19. The van der Waals surface area contributed by atoms with E-state index < -0.39 is 6.10 Å². The first kappa shape index (κ1) is 11.9. The van der Waals surface area contributed by atoms with Gasteiger partial charge in [-0.3, -0.25) is 4.79 Å². The molecule has 2 rings (SSSR count). The number of aliphatic hydroxyl groups is 1. The molecule has 1 fully saturated rings. The topological polar surface area (TPSA) is 52.6 Å². The van der Waals surface area contributed by atoms with Gasteiger partial charge in [-0.1, -0.05) is 12.1 Å². The van der Waals surface area contributed by atoms with E-state index in [2.05, 4.69) is 10.2 Å². The Morgan fingerprint density at radius 3 is 2.71 bits per heavy atom. The maximum absolute atomic E-state index is 11.4. The largest absolute Gasteiger partial charge is 0.389 e. The van der Waals surface area contributed by atoms with Crippen molar-refractivity contribution < 1.29 is 9.90 Å². The van der Waals surface area contributed by atoms with Crippen LogP contribution in [0.2, 0.25) is 0 Å². The van der Waals surface area contributed by atoms with E-state index in [1.54, 1.807) is 6.92 Å². The van der Waals surface area contributed by atoms with Gasteiger partial charge in [-0.05, 0) is 31.0 Å². The van der Waals surface area contributed by atoms with Gasteiger partial charge in [0, 0.05) is 18.8 Å². The van der Waals surface area contributed by atoms with Crippen LogP contribution in [0.4, 0.5) is 5.69 Å². The minimum atomic E-state index is -0.448. The summed E-state index contributed by atoms with van der Waals surface area (Å²) in [6.07, 6.45) is 0.514. The van der Waals surface area contributed by atoms with Crippen LogP contribution in [0.5, 0.6) is 0 Å². The molecule has 0 bridgehead atoms. The van der Waals surface area contributed by atoms with Gasteiger partial charge >= 0.3 is 0 Å². The van der Waals surface area contributed by atoms with Crippen LogP contribution < -0.4 is 10.2 Å². The molecule has 0 radical (unpaired) electrons. The summed E-state index contributed by atoms with van der Waals surface area (Å²) in [5, 5.41) is 12.3. The average Bonchev–Trinajstić information content (AvgIpc) is 2.54. The zero-order chi connectivity index (χ0) is 12.3. The highest BCUT2D eigenvalue weighted by Crippen LogP contribution is 2.19. The van der Waals surface area contributed by atoms with Crippen LogP contribution in [0.25, 0.3) is 0 Å². The Morgan fingerprint density at radius 2 is 2.06 bits per heavy atom. The van der Waals surface area contributed by atoms with E-state index in [-0.39, 0.29) is 5.91 Å². The molecule has 4 heteroatoms. The first-order valence-corrected chi connectivity index (χ1v) is 5.96. The first-order chi connectivity index (χ1) is 8.16. The number of carbonyl (C=O) groups is 1. The molecule has 1 aromatic rings. The third-order valence-electron chi connectivity index (χ3n) is 3.00. The molecule has 1 aliphatic rings. The number of aliphatic hydroxyl groups excluding tert-OH is 1. The SMILES string of the molecule is C[C@@H](O)c1ccc(N2CCCNC(=O)C2)cc1. The molecule has 1 aliphatic heterocycles. The number of benzene rings is 1. The normalized spacial score (nSPS) is 18.5. The predicted octanol–water partition coefficient (Wildman–Crippen LogP) is 1.07. The van der Waals surface area contributed by atoms with Crippen molar-refractivity contribution >= 4 is 11.6 Å². The minimum Gasteiger partial charge on any atom is -0.389 e. The fourth-order valence-corrected chi connectivity index (χ4v) is 1.99. The second-order valence-corrected chi connectivity index (χ2v) is 4.39. The van der Waals surface area contributed by atoms with Gasteiger partial charge in [-0.2, -0.15) is 0 Å². The first-order valence-electron chi connectivity index (χ1n) is 5.96. The Hall–Kier alpha value is -1.55. The van der Waals surface area contributed by atoms with Crippen molar-refractivity contribution in [2.24, 2.45) is 0 Å². The highest BCUT2D eigenvalue weighted by molar-refractivity contribution is 5.81. The highest BCUT2D eigenvalue weighted by atomic mass is 16.3. The molecular formula is C13H18N2O2. The van der Waals surface area contributed by atoms with E-state index in [0.29, 0.717) is 6.54 Å². The Morgan fingerprint density at radius 1 is 1.35 bits per heavy atom. The lowest BCUT2D eigenvalue weighted by molar-refractivity contribution is -0.119. The molecule has 1 heterocycles. The molecule has 1 aromatic carbocycles. The van der Waals surface area contributed by atoms with Gasteiger partial charge in [0.05, 0.1) is 12.6 Å². The minimum absolute atomic E-state index is 0.0714. The third kappa shape index (κ3) is 2.97. The Kier molecular flexibility index (Phi) is 3.64. The molecule has 0 unspecified atom stereocenters. The van der Waals surface area contributed by atoms with Crippen molar-refractivity contribution in [3.8, 4) is 0 Å². The van der Waals surface area contributed by atoms with Gasteiger partial charge in [0.25, 0.3) is 0 Å². The summed E-state index contributed by atoms with van der Waals surface area (Å²) >= 11 is 0. The van der Waals surface area contributed by atoms with Crippen LogP contribution in [0, 0.1) is 0 Å². The highest BCUT2D eigenvalue weighted by Gasteiger charge is 2.14. The van der Waals surface area contributed by atoms with Crippen molar-refractivity contribution in [3.63, 3.8) is 0 Å². The van der Waals surface area contributed by atoms with Crippen molar-refractivity contribution in [1.82, 2.24) is 5.32 Å². The Balaban J connectivity index is 2.12. The molecule has 0 saturated carbocycles. The monoisotopic (exact) mass is 234 g/mol. The quantitative estimate of drug-likeness (QED) is 0.804. The van der Waals surface area contributed by atoms with Crippen molar-refractivity contribution in [1.29, 1.82) is 0 Å². The fraction of sp³-hybridized carbons (Fsp3) is 0.462. The second-order valence-electron chi connectivity index (χ2n) is 4.39. The van der Waals surface area contributed by atoms with Crippen LogP contribution in [0.3, 0.4) is 0 Å². The van der Waals surface area contributed by atoms with E-state index in [1.165, 1.54) is 0 Å². The average molecular weight is 234 g/mol. The summed E-state index contributed by atoms with van der Waals surface area (Å²) in [6.45, 7) is 3.79. The van der Waals surface area contributed by atoms with Gasteiger partial charge in [-0.15, -0.1) is 0 Å². The summed E-state index contributed by atoms with van der Waals surface area (Å²) in [5.41, 5.74) is 1.93. The van der Waals surface area contributed by atoms with Gasteiger partial charge in [0.1, 0.15) is 0 Å². The van der Waals surface area contributed by atoms with Crippen molar-refractivity contribution in [2.75, 3.05) is 24.5 Å². The standard InChI is InChI=1S/C13H18N2O2/c1-10(16)11-3-5-12(6-4-11)15-8-2-7-14-13(17)9-15/h3-6,10,16H,2,7-9H2,1H3,(H,14,17)/t10-/m1/s1. The smallest absolute Gasteiger partial charge is 0.239 e. The summed E-state index contributed by atoms with van der Waals surface area (Å²) in [7, 11) is 0. The Bertz CT molecular complexity index is 387. The van der Waals surface area contributed by atoms with E-state index in [0.717, 1.165) is 30.8 Å². The van der Waals surface area contributed by atoms with E-state index in [4.69, 9.17) is 0 Å². The molecule has 4 nitrogen and oxygen atoms in total. The molecule has 1 saturated heterocycles. The molecule has 0 aromatic heterocycles. The number of nitrogens with one attached hydrogen (secondary N) is 1. The molecule has 92 valence electrons. The third-order valence-corrected chi connectivity index (χ3v) is 3.00. The number of rotatable bonds is 2. The maximum Gasteiger partial charge on any atom is 0.239 e.